The normalized spacial score (nSPS) is 11.8. The highest BCUT2D eigenvalue weighted by molar-refractivity contribution is 6.04. The van der Waals surface area contributed by atoms with Crippen LogP contribution in [0.3, 0.4) is 0 Å². The van der Waals surface area contributed by atoms with Crippen molar-refractivity contribution in [2.75, 3.05) is 5.73 Å². The molecule has 12 heteroatoms. The smallest absolute Gasteiger partial charge is 0.283 e. The van der Waals surface area contributed by atoms with Crippen LogP contribution in [0, 0.1) is 11.8 Å². The number of nitrogen functional groups attached to an aromatic ring is 1. The maximum absolute atomic E-state index is 14.0. The van der Waals surface area contributed by atoms with Crippen LogP contribution in [0.25, 0.3) is 16.9 Å². The number of aromatic nitrogens is 8. The molecule has 5 heterocycles. The second-order valence-corrected chi connectivity index (χ2v) is 8.85. The third kappa shape index (κ3) is 4.17. The number of aryl methyl sites for hydroxylation is 1. The monoisotopic (exact) mass is 518 g/mol. The molecule has 1 amide bonds. The number of rotatable bonds is 4. The fourth-order valence-corrected chi connectivity index (χ4v) is 4.37. The van der Waals surface area contributed by atoms with Gasteiger partial charge < -0.3 is 11.1 Å². The number of anilines is 1. The minimum absolute atomic E-state index is 0.0458. The van der Waals surface area contributed by atoms with E-state index in [1.54, 1.807) is 66.9 Å². The highest BCUT2D eigenvalue weighted by atomic mass is 16.2. The summed E-state index contributed by atoms with van der Waals surface area (Å²) in [6.07, 6.45) is 8.33. The molecule has 0 saturated carbocycles. The molecule has 0 aliphatic heterocycles. The Kier molecular flexibility index (Phi) is 5.65. The molecule has 39 heavy (non-hydrogen) atoms. The number of carbonyl (C=O) groups is 1. The molecule has 192 valence electrons. The first-order valence-electron chi connectivity index (χ1n) is 12.0. The lowest BCUT2D eigenvalue weighted by atomic mass is 10.2. The summed E-state index contributed by atoms with van der Waals surface area (Å²) in [6, 6.07) is 11.8. The van der Waals surface area contributed by atoms with E-state index in [1.165, 1.54) is 13.6 Å². The van der Waals surface area contributed by atoms with Gasteiger partial charge in [0.05, 0.1) is 29.1 Å². The third-order valence-electron chi connectivity index (χ3n) is 6.16. The summed E-state index contributed by atoms with van der Waals surface area (Å²) in [5.74, 6) is 5.98. The van der Waals surface area contributed by atoms with Gasteiger partial charge >= 0.3 is 0 Å². The van der Waals surface area contributed by atoms with Crippen LogP contribution in [0.15, 0.2) is 78.2 Å². The predicted octanol–water partition coefficient (Wildman–Crippen LogP) is 1.73. The van der Waals surface area contributed by atoms with Crippen LogP contribution >= 0.6 is 0 Å². The van der Waals surface area contributed by atoms with Crippen molar-refractivity contribution in [1.82, 2.24) is 43.9 Å². The fourth-order valence-electron chi connectivity index (χ4n) is 4.37. The molecule has 1 aromatic carbocycles. The Balaban J connectivity index is 1.45. The van der Waals surface area contributed by atoms with E-state index in [2.05, 4.69) is 32.3 Å². The molecule has 0 aliphatic carbocycles. The summed E-state index contributed by atoms with van der Waals surface area (Å²) in [7, 11) is 1.81. The van der Waals surface area contributed by atoms with E-state index in [-0.39, 0.29) is 16.9 Å². The number of carbonyl (C=O) groups excluding carboxylic acids is 1. The number of nitrogens with zero attached hydrogens (tertiary/aromatic N) is 8. The first kappa shape index (κ1) is 23.7. The largest absolute Gasteiger partial charge is 0.381 e. The zero-order valence-corrected chi connectivity index (χ0v) is 21.0. The highest BCUT2D eigenvalue weighted by Gasteiger charge is 2.25. The van der Waals surface area contributed by atoms with Crippen molar-refractivity contribution >= 4 is 22.9 Å². The minimum Gasteiger partial charge on any atom is -0.381 e. The molecule has 1 unspecified atom stereocenters. The summed E-state index contributed by atoms with van der Waals surface area (Å²) in [5, 5.41) is 15.9. The van der Waals surface area contributed by atoms with E-state index in [4.69, 9.17) is 10.8 Å². The average Bonchev–Trinajstić information content (AvgIpc) is 3.63. The first-order valence-corrected chi connectivity index (χ1v) is 12.0. The molecule has 6 rings (SSSR count). The van der Waals surface area contributed by atoms with Crippen molar-refractivity contribution in [3.8, 4) is 17.5 Å². The predicted molar refractivity (Wildman–Crippen MR) is 143 cm³/mol. The van der Waals surface area contributed by atoms with Gasteiger partial charge in [0.25, 0.3) is 11.5 Å². The number of para-hydroxylation sites is 1. The van der Waals surface area contributed by atoms with E-state index in [0.717, 1.165) is 5.56 Å². The van der Waals surface area contributed by atoms with Crippen molar-refractivity contribution < 1.29 is 4.79 Å². The van der Waals surface area contributed by atoms with Gasteiger partial charge in [-0.3, -0.25) is 18.8 Å². The Hall–Kier alpha value is -5.70. The molecule has 12 nitrogen and oxygen atoms in total. The van der Waals surface area contributed by atoms with Gasteiger partial charge in [0, 0.05) is 31.8 Å². The number of nitrogens with one attached hydrogen (secondary N) is 1. The van der Waals surface area contributed by atoms with Crippen LogP contribution in [0.1, 0.15) is 40.3 Å². The van der Waals surface area contributed by atoms with Crippen molar-refractivity contribution in [2.24, 2.45) is 7.05 Å². The van der Waals surface area contributed by atoms with Crippen molar-refractivity contribution in [3.63, 3.8) is 0 Å². The molecule has 0 bridgehead atoms. The number of amides is 1. The molecular formula is C27H22N10O2. The van der Waals surface area contributed by atoms with Crippen LogP contribution in [0.2, 0.25) is 0 Å². The Morgan fingerprint density at radius 2 is 1.87 bits per heavy atom. The zero-order valence-electron chi connectivity index (χ0n) is 21.0. The lowest BCUT2D eigenvalue weighted by Crippen LogP contribution is -2.34. The van der Waals surface area contributed by atoms with Gasteiger partial charge in [0.2, 0.25) is 0 Å². The summed E-state index contributed by atoms with van der Waals surface area (Å²) in [5.41, 5.74) is 8.33. The van der Waals surface area contributed by atoms with E-state index in [9.17, 15) is 9.59 Å². The van der Waals surface area contributed by atoms with E-state index in [1.807, 2.05) is 25.2 Å². The summed E-state index contributed by atoms with van der Waals surface area (Å²) < 4.78 is 6.06. The Bertz CT molecular complexity index is 1990. The Labute approximate surface area is 221 Å². The van der Waals surface area contributed by atoms with Crippen molar-refractivity contribution in [2.45, 2.75) is 13.0 Å². The average molecular weight is 519 g/mol. The minimum atomic E-state index is -0.694. The van der Waals surface area contributed by atoms with E-state index < -0.39 is 11.9 Å². The number of nitrogens with two attached hydrogens (primary N) is 1. The second kappa shape index (κ2) is 9.31. The molecule has 3 N–H and O–H groups in total. The quantitative estimate of drug-likeness (QED) is 0.339. The summed E-state index contributed by atoms with van der Waals surface area (Å²) in [6.45, 7) is 1.74. The highest BCUT2D eigenvalue weighted by Crippen LogP contribution is 2.20. The number of benzene rings is 1. The van der Waals surface area contributed by atoms with Gasteiger partial charge in [-0.15, -0.1) is 5.10 Å². The van der Waals surface area contributed by atoms with Crippen LogP contribution in [-0.4, -0.2) is 44.5 Å². The van der Waals surface area contributed by atoms with Gasteiger partial charge in [-0.25, -0.2) is 14.0 Å². The SMILES string of the molecule is CC(NC(=O)c1c(N)nn2cccnc12)c1nn2ccc(C#Cc3cnn(C)c3)c2c(=O)n1-c1ccccc1. The van der Waals surface area contributed by atoms with Crippen molar-refractivity contribution in [3.05, 3.63) is 106 Å². The van der Waals surface area contributed by atoms with Crippen molar-refractivity contribution in [1.29, 1.82) is 0 Å². The molecule has 1 atom stereocenters. The number of hydrogen-bond acceptors (Lipinski definition) is 7. The molecular weight excluding hydrogens is 496 g/mol. The van der Waals surface area contributed by atoms with Crippen LogP contribution < -0.4 is 16.6 Å². The Morgan fingerprint density at radius 1 is 1.05 bits per heavy atom. The molecule has 6 aromatic rings. The molecule has 0 saturated heterocycles. The lowest BCUT2D eigenvalue weighted by Gasteiger charge is -2.19. The lowest BCUT2D eigenvalue weighted by molar-refractivity contribution is 0.0940. The maximum atomic E-state index is 14.0. The van der Waals surface area contributed by atoms with Crippen LogP contribution in [-0.2, 0) is 7.05 Å². The van der Waals surface area contributed by atoms with Crippen LogP contribution in [0.4, 0.5) is 5.82 Å². The maximum Gasteiger partial charge on any atom is 0.283 e. The first-order chi connectivity index (χ1) is 18.9. The zero-order chi connectivity index (χ0) is 27.1. The van der Waals surface area contributed by atoms with E-state index >= 15 is 0 Å². The molecule has 0 radical (unpaired) electrons. The van der Waals surface area contributed by atoms with Gasteiger partial charge in [-0.1, -0.05) is 30.0 Å². The third-order valence-corrected chi connectivity index (χ3v) is 6.16. The van der Waals surface area contributed by atoms with Gasteiger partial charge in [-0.2, -0.15) is 10.2 Å². The fraction of sp³-hybridized carbons (Fsp3) is 0.111. The molecule has 0 fully saturated rings. The second-order valence-electron chi connectivity index (χ2n) is 8.85. The summed E-state index contributed by atoms with van der Waals surface area (Å²) >= 11 is 0. The molecule has 5 aromatic heterocycles. The van der Waals surface area contributed by atoms with Crippen LogP contribution in [0.5, 0.6) is 0 Å². The number of hydrogen-bond donors (Lipinski definition) is 2. The molecule has 0 spiro atoms. The topological polar surface area (TPSA) is 142 Å². The molecule has 0 aliphatic rings. The Morgan fingerprint density at radius 3 is 2.64 bits per heavy atom. The van der Waals surface area contributed by atoms with Gasteiger partial charge in [0.1, 0.15) is 11.1 Å². The van der Waals surface area contributed by atoms with E-state index in [0.29, 0.717) is 28.2 Å². The van der Waals surface area contributed by atoms with Gasteiger partial charge in [-0.05, 0) is 31.2 Å². The van der Waals surface area contributed by atoms with Gasteiger partial charge in [0.15, 0.2) is 17.3 Å². The summed E-state index contributed by atoms with van der Waals surface area (Å²) in [4.78, 5) is 31.5. The number of fused-ring (bicyclic) bond motifs is 2. The standard InChI is InChI=1S/C27H22N10O2/c1-17(31-26(38)21-23(28)32-36-13-6-12-29-25(21)36)24-33-35-14-11-19(10-9-18-15-30-34(2)16-18)22(35)27(39)37(24)20-7-4-3-5-8-20/h3-8,11-17H,1-2H3,(H2,28,32)(H,31,38).